The summed E-state index contributed by atoms with van der Waals surface area (Å²) < 4.78 is 11.0. The maximum atomic E-state index is 13.9. The van der Waals surface area contributed by atoms with Gasteiger partial charge in [-0.1, -0.05) is 116 Å². The van der Waals surface area contributed by atoms with Gasteiger partial charge < -0.3 is 40.7 Å². The van der Waals surface area contributed by atoms with Gasteiger partial charge in [-0.2, -0.15) is 0 Å². The van der Waals surface area contributed by atoms with Crippen molar-refractivity contribution in [3.05, 3.63) is 72.6 Å². The fraction of sp³-hybridized carbons (Fsp3) is 0.577. The van der Waals surface area contributed by atoms with E-state index in [0.29, 0.717) is 24.5 Å². The zero-order valence-corrected chi connectivity index (χ0v) is 41.2. The van der Waals surface area contributed by atoms with E-state index in [9.17, 15) is 19.2 Å². The lowest BCUT2D eigenvalue weighted by atomic mass is 9.82. The standard InChI is InChI=1S/C52H74N8O6/c1-49(2,3)41(59-45(61)35-17-13-15-19-37(35)57-47(63)65-51(7,8)9)43-53-29-39(55-43)33-25-21-31(22-26-33)32-23-27-34(28-24-32)40-30-54-44(56-40)42(50(4,5)6)60-46(62)36-18-14-16-20-38(36)58-48(64)66-52(10,11)12/h21-30,35-38,41-42H,13-20H2,1-12H3,(H,53,55)(H,54,56)(H,57,63)(H,58,64)(H,59,61)(H,60,62). The van der Waals surface area contributed by atoms with Gasteiger partial charge in [0, 0.05) is 12.1 Å². The lowest BCUT2D eigenvalue weighted by Gasteiger charge is -2.35. The van der Waals surface area contributed by atoms with Crippen molar-refractivity contribution in [3.63, 3.8) is 0 Å². The van der Waals surface area contributed by atoms with Crippen molar-refractivity contribution in [2.24, 2.45) is 22.7 Å². The topological polar surface area (TPSA) is 192 Å². The van der Waals surface area contributed by atoms with Crippen LogP contribution in [0.1, 0.15) is 158 Å². The van der Waals surface area contributed by atoms with E-state index in [2.05, 4.69) is 121 Å². The molecule has 14 heteroatoms. The van der Waals surface area contributed by atoms with Crippen LogP contribution in [0.2, 0.25) is 0 Å². The van der Waals surface area contributed by atoms with Crippen LogP contribution >= 0.6 is 0 Å². The summed E-state index contributed by atoms with van der Waals surface area (Å²) in [5.41, 5.74) is 3.75. The van der Waals surface area contributed by atoms with Crippen molar-refractivity contribution in [1.82, 2.24) is 41.2 Å². The van der Waals surface area contributed by atoms with E-state index in [1.54, 1.807) is 0 Å². The third kappa shape index (κ3) is 13.2. The quantitative estimate of drug-likeness (QED) is 0.0856. The molecule has 0 aliphatic heterocycles. The highest BCUT2D eigenvalue weighted by atomic mass is 16.6. The first-order valence-corrected chi connectivity index (χ1v) is 23.8. The number of hydrogen-bond donors (Lipinski definition) is 6. The van der Waals surface area contributed by atoms with Gasteiger partial charge in [-0.15, -0.1) is 0 Å². The largest absolute Gasteiger partial charge is 0.444 e. The minimum absolute atomic E-state index is 0.102. The molecule has 2 saturated carbocycles. The first-order chi connectivity index (χ1) is 30.8. The number of amides is 4. The van der Waals surface area contributed by atoms with Crippen molar-refractivity contribution in [2.45, 2.75) is 170 Å². The zero-order chi connectivity index (χ0) is 48.2. The molecule has 6 atom stereocenters. The molecule has 358 valence electrons. The molecule has 2 aromatic heterocycles. The SMILES string of the molecule is CC(C)(C)OC(=O)NC1CCCCC1C(=O)NC(c1ncc(-c2ccc(-c3ccc(-c4cnc(C(NC(=O)C5CCCCC5NC(=O)OC(C)(C)C)C(C)(C)C)[nH]4)cc3)cc2)[nH]1)C(C)(C)C. The first-order valence-electron chi connectivity index (χ1n) is 23.8. The fourth-order valence-electron chi connectivity index (χ4n) is 8.99. The molecule has 0 spiro atoms. The predicted molar refractivity (Wildman–Crippen MR) is 258 cm³/mol. The van der Waals surface area contributed by atoms with E-state index in [1.807, 2.05) is 53.9 Å². The molecule has 2 fully saturated rings. The second kappa shape index (κ2) is 20.1. The van der Waals surface area contributed by atoms with E-state index in [1.165, 1.54) is 0 Å². The predicted octanol–water partition coefficient (Wildman–Crippen LogP) is 10.7. The number of alkyl carbamates (subject to hydrolysis) is 2. The van der Waals surface area contributed by atoms with E-state index in [0.717, 1.165) is 72.2 Å². The van der Waals surface area contributed by atoms with E-state index in [-0.39, 0.29) is 46.6 Å². The highest BCUT2D eigenvalue weighted by molar-refractivity contribution is 5.82. The van der Waals surface area contributed by atoms with Gasteiger partial charge >= 0.3 is 12.2 Å². The number of benzene rings is 2. The summed E-state index contributed by atoms with van der Waals surface area (Å²) in [4.78, 5) is 69.6. The van der Waals surface area contributed by atoms with E-state index in [4.69, 9.17) is 19.4 Å². The molecule has 2 aliphatic carbocycles. The molecule has 4 amide bonds. The number of H-pyrrole nitrogens is 2. The summed E-state index contributed by atoms with van der Waals surface area (Å²) in [7, 11) is 0. The molecule has 0 radical (unpaired) electrons. The van der Waals surface area contributed by atoms with Crippen molar-refractivity contribution in [1.29, 1.82) is 0 Å². The third-order valence-electron chi connectivity index (χ3n) is 12.4. The summed E-state index contributed by atoms with van der Waals surface area (Å²) in [6, 6.07) is 15.2. The van der Waals surface area contributed by atoms with Crippen LogP contribution in [-0.4, -0.2) is 67.2 Å². The molecule has 4 aromatic rings. The van der Waals surface area contributed by atoms with E-state index < -0.39 is 35.5 Å². The molecule has 66 heavy (non-hydrogen) atoms. The third-order valence-corrected chi connectivity index (χ3v) is 12.4. The van der Waals surface area contributed by atoms with Crippen molar-refractivity contribution in [3.8, 4) is 33.6 Å². The molecule has 2 heterocycles. The molecule has 14 nitrogen and oxygen atoms in total. The Kier molecular flexibility index (Phi) is 15.1. The van der Waals surface area contributed by atoms with Crippen molar-refractivity contribution in [2.75, 3.05) is 0 Å². The molecular weight excluding hydrogens is 833 g/mol. The number of aromatic amines is 2. The van der Waals surface area contributed by atoms with Crippen LogP contribution in [0.4, 0.5) is 9.59 Å². The van der Waals surface area contributed by atoms with Gasteiger partial charge in [0.15, 0.2) is 0 Å². The Balaban J connectivity index is 1.10. The van der Waals surface area contributed by atoms with Crippen molar-refractivity contribution >= 4 is 24.0 Å². The minimum atomic E-state index is -0.627. The normalized spacial score (nSPS) is 20.4. The molecule has 0 bridgehead atoms. The maximum absolute atomic E-state index is 13.9. The van der Waals surface area contributed by atoms with E-state index >= 15 is 0 Å². The summed E-state index contributed by atoms with van der Waals surface area (Å²) >= 11 is 0. The number of nitrogens with zero attached hydrogens (tertiary/aromatic N) is 2. The molecule has 6 rings (SSSR count). The van der Waals surface area contributed by atoms with Gasteiger partial charge in [-0.25, -0.2) is 19.6 Å². The second-order valence-corrected chi connectivity index (χ2v) is 22.4. The minimum Gasteiger partial charge on any atom is -0.444 e. The number of rotatable bonds is 11. The van der Waals surface area contributed by atoms with Crippen LogP contribution in [0.3, 0.4) is 0 Å². The van der Waals surface area contributed by atoms with Crippen LogP contribution in [0.25, 0.3) is 33.6 Å². The summed E-state index contributed by atoms with van der Waals surface area (Å²) in [5.74, 6) is 0.387. The molecular formula is C52H74N8O6. The molecule has 2 aromatic carbocycles. The smallest absolute Gasteiger partial charge is 0.407 e. The molecule has 0 saturated heterocycles. The molecule has 6 unspecified atom stereocenters. The number of carbonyl (C=O) groups excluding carboxylic acids is 4. The lowest BCUT2D eigenvalue weighted by molar-refractivity contribution is -0.129. The average Bonchev–Trinajstić information content (AvgIpc) is 3.91. The molecule has 6 N–H and O–H groups in total. The van der Waals surface area contributed by atoms with Crippen molar-refractivity contribution < 1.29 is 28.7 Å². The summed E-state index contributed by atoms with van der Waals surface area (Å²) in [5, 5.41) is 12.5. The Hall–Kier alpha value is -5.66. The number of aromatic nitrogens is 4. The van der Waals surface area contributed by atoms with Gasteiger partial charge in [-0.3, -0.25) is 9.59 Å². The number of nitrogens with one attached hydrogen (secondary N) is 6. The van der Waals surface area contributed by atoms with Crippen LogP contribution in [0.5, 0.6) is 0 Å². The van der Waals surface area contributed by atoms with Gasteiger partial charge in [0.25, 0.3) is 0 Å². The number of carbonyl (C=O) groups is 4. The van der Waals surface area contributed by atoms with Crippen LogP contribution in [0, 0.1) is 22.7 Å². The Morgan fingerprint density at radius 3 is 1.15 bits per heavy atom. The first kappa shape index (κ1) is 49.8. The zero-order valence-electron chi connectivity index (χ0n) is 41.2. The number of imidazole rings is 2. The Morgan fingerprint density at radius 2 is 0.833 bits per heavy atom. The Morgan fingerprint density at radius 1 is 0.515 bits per heavy atom. The Labute approximate surface area is 391 Å². The fourth-order valence-corrected chi connectivity index (χ4v) is 8.99. The summed E-state index contributed by atoms with van der Waals surface area (Å²) in [6.07, 6.45) is 9.14. The van der Waals surface area contributed by atoms with Crippen LogP contribution in [0.15, 0.2) is 60.9 Å². The summed E-state index contributed by atoms with van der Waals surface area (Å²) in [6.45, 7) is 23.4. The van der Waals surface area contributed by atoms with Gasteiger partial charge in [0.1, 0.15) is 22.9 Å². The average molecular weight is 907 g/mol. The maximum Gasteiger partial charge on any atom is 0.407 e. The van der Waals surface area contributed by atoms with Gasteiger partial charge in [0.2, 0.25) is 11.8 Å². The highest BCUT2D eigenvalue weighted by Gasteiger charge is 2.39. The Bertz CT molecular complexity index is 2130. The highest BCUT2D eigenvalue weighted by Crippen LogP contribution is 2.37. The monoisotopic (exact) mass is 907 g/mol. The second-order valence-electron chi connectivity index (χ2n) is 22.4. The van der Waals surface area contributed by atoms with Crippen LogP contribution < -0.4 is 21.3 Å². The van der Waals surface area contributed by atoms with Gasteiger partial charge in [0.05, 0.1) is 47.7 Å². The van der Waals surface area contributed by atoms with Gasteiger partial charge in [-0.05, 0) is 100 Å². The number of ether oxygens (including phenoxy) is 2. The molecule has 2 aliphatic rings. The van der Waals surface area contributed by atoms with Crippen LogP contribution in [-0.2, 0) is 19.1 Å². The number of hydrogen-bond acceptors (Lipinski definition) is 8. The lowest BCUT2D eigenvalue weighted by Crippen LogP contribution is -2.51.